The average Bonchev–Trinajstić information content (AvgIpc) is 2.41. The van der Waals surface area contributed by atoms with Gasteiger partial charge < -0.3 is 15.7 Å². The van der Waals surface area contributed by atoms with Crippen LogP contribution in [0.5, 0.6) is 0 Å². The van der Waals surface area contributed by atoms with E-state index in [4.69, 9.17) is 10.8 Å². The van der Waals surface area contributed by atoms with E-state index in [-0.39, 0.29) is 12.5 Å². The van der Waals surface area contributed by atoms with Crippen molar-refractivity contribution in [1.82, 2.24) is 4.90 Å². The number of aliphatic hydroxyl groups excluding tert-OH is 1. The lowest BCUT2D eigenvalue weighted by Crippen LogP contribution is -2.48. The fourth-order valence-corrected chi connectivity index (χ4v) is 3.66. The summed E-state index contributed by atoms with van der Waals surface area (Å²) < 4.78 is 0. The van der Waals surface area contributed by atoms with Crippen LogP contribution in [0.1, 0.15) is 57.8 Å². The van der Waals surface area contributed by atoms with Crippen LogP contribution < -0.4 is 5.73 Å². The Morgan fingerprint density at radius 3 is 2.55 bits per heavy atom. The third kappa shape index (κ3) is 3.95. The lowest BCUT2D eigenvalue weighted by atomic mass is 9.78. The molecule has 0 heterocycles. The van der Waals surface area contributed by atoms with Crippen LogP contribution in [0.25, 0.3) is 0 Å². The van der Waals surface area contributed by atoms with Gasteiger partial charge in [0, 0.05) is 25.1 Å². The van der Waals surface area contributed by atoms with Crippen molar-refractivity contribution in [3.05, 3.63) is 0 Å². The molecule has 0 spiro atoms. The minimum Gasteiger partial charge on any atom is -0.396 e. The molecule has 0 aromatic carbocycles. The van der Waals surface area contributed by atoms with Gasteiger partial charge in [-0.25, -0.2) is 0 Å². The number of nitrogens with two attached hydrogens (primary N) is 1. The van der Waals surface area contributed by atoms with E-state index in [1.54, 1.807) is 0 Å². The van der Waals surface area contributed by atoms with Gasteiger partial charge in [0.25, 0.3) is 0 Å². The van der Waals surface area contributed by atoms with Gasteiger partial charge in [-0.1, -0.05) is 12.8 Å². The molecule has 0 aromatic heterocycles. The Hall–Kier alpha value is -0.610. The number of hydrogen-bond acceptors (Lipinski definition) is 3. The predicted molar refractivity (Wildman–Crippen MR) is 80.2 cm³/mol. The smallest absolute Gasteiger partial charge is 0.225 e. The van der Waals surface area contributed by atoms with E-state index in [9.17, 15) is 4.79 Å². The van der Waals surface area contributed by atoms with Crippen LogP contribution in [0.15, 0.2) is 0 Å². The Bertz CT molecular complexity index is 303. The molecule has 3 N–H and O–H groups in total. The maximum atomic E-state index is 12.8. The number of aliphatic hydroxyl groups is 1. The SMILES string of the molecule is NCCC1CCCC(C(=O)N(CCCO)C2CCC2)C1. The summed E-state index contributed by atoms with van der Waals surface area (Å²) in [6.07, 6.45) is 9.78. The van der Waals surface area contributed by atoms with Crippen LogP contribution in [0.3, 0.4) is 0 Å². The Morgan fingerprint density at radius 2 is 1.95 bits per heavy atom. The van der Waals surface area contributed by atoms with E-state index in [0.29, 0.717) is 24.3 Å². The van der Waals surface area contributed by atoms with E-state index in [0.717, 1.165) is 45.2 Å². The third-order valence-electron chi connectivity index (χ3n) is 5.06. The second-order valence-corrected chi connectivity index (χ2v) is 6.50. The molecule has 0 radical (unpaired) electrons. The molecular weight excluding hydrogens is 252 g/mol. The third-order valence-corrected chi connectivity index (χ3v) is 5.06. The molecule has 4 nitrogen and oxygen atoms in total. The number of carbonyl (C=O) groups excluding carboxylic acids is 1. The van der Waals surface area contributed by atoms with Gasteiger partial charge in [-0.15, -0.1) is 0 Å². The number of rotatable bonds is 7. The fourth-order valence-electron chi connectivity index (χ4n) is 3.66. The van der Waals surface area contributed by atoms with Gasteiger partial charge in [0.05, 0.1) is 0 Å². The van der Waals surface area contributed by atoms with Crippen molar-refractivity contribution >= 4 is 5.91 Å². The molecule has 2 aliphatic carbocycles. The Morgan fingerprint density at radius 1 is 1.20 bits per heavy atom. The van der Waals surface area contributed by atoms with Crippen LogP contribution in [-0.4, -0.2) is 41.7 Å². The highest BCUT2D eigenvalue weighted by Crippen LogP contribution is 2.34. The average molecular weight is 282 g/mol. The van der Waals surface area contributed by atoms with E-state index in [2.05, 4.69) is 4.90 Å². The predicted octanol–water partition coefficient (Wildman–Crippen LogP) is 1.91. The normalized spacial score (nSPS) is 27.1. The van der Waals surface area contributed by atoms with Gasteiger partial charge in [-0.05, 0) is 57.4 Å². The highest BCUT2D eigenvalue weighted by Gasteiger charge is 2.34. The molecule has 0 bridgehead atoms. The maximum absolute atomic E-state index is 12.8. The van der Waals surface area contributed by atoms with E-state index >= 15 is 0 Å². The first-order valence-electron chi connectivity index (χ1n) is 8.37. The first-order chi connectivity index (χ1) is 9.76. The molecule has 1 amide bonds. The fraction of sp³-hybridized carbons (Fsp3) is 0.938. The number of amides is 1. The van der Waals surface area contributed by atoms with Crippen molar-refractivity contribution in [3.8, 4) is 0 Å². The minimum atomic E-state index is 0.178. The van der Waals surface area contributed by atoms with Gasteiger partial charge in [0.2, 0.25) is 5.91 Å². The molecule has 2 atom stereocenters. The largest absolute Gasteiger partial charge is 0.396 e. The summed E-state index contributed by atoms with van der Waals surface area (Å²) in [4.78, 5) is 14.9. The van der Waals surface area contributed by atoms with Crippen LogP contribution in [0.2, 0.25) is 0 Å². The first kappa shape index (κ1) is 15.8. The number of carbonyl (C=O) groups is 1. The standard InChI is InChI=1S/C16H30N2O2/c17-9-8-13-4-1-5-14(12-13)16(20)18(10-3-11-19)15-6-2-7-15/h13-15,19H,1-12,17H2. The van der Waals surface area contributed by atoms with Gasteiger partial charge in [-0.2, -0.15) is 0 Å². The van der Waals surface area contributed by atoms with Gasteiger partial charge >= 0.3 is 0 Å². The quantitative estimate of drug-likeness (QED) is 0.749. The van der Waals surface area contributed by atoms with Crippen molar-refractivity contribution in [2.75, 3.05) is 19.7 Å². The summed E-state index contributed by atoms with van der Waals surface area (Å²) in [7, 11) is 0. The van der Waals surface area contributed by atoms with E-state index in [1.165, 1.54) is 19.3 Å². The molecule has 0 saturated heterocycles. The summed E-state index contributed by atoms with van der Waals surface area (Å²) in [6, 6.07) is 0.448. The summed E-state index contributed by atoms with van der Waals surface area (Å²) in [5.41, 5.74) is 5.66. The number of hydrogen-bond donors (Lipinski definition) is 2. The lowest BCUT2D eigenvalue weighted by molar-refractivity contribution is -0.141. The second-order valence-electron chi connectivity index (χ2n) is 6.50. The van der Waals surface area contributed by atoms with Crippen molar-refractivity contribution in [2.45, 2.75) is 63.8 Å². The van der Waals surface area contributed by atoms with Gasteiger partial charge in [0.1, 0.15) is 0 Å². The number of nitrogens with zero attached hydrogens (tertiary/aromatic N) is 1. The molecule has 2 fully saturated rings. The zero-order chi connectivity index (χ0) is 14.4. The second kappa shape index (κ2) is 7.99. The first-order valence-corrected chi connectivity index (χ1v) is 8.37. The molecule has 2 saturated carbocycles. The Kier molecular flexibility index (Phi) is 6.30. The van der Waals surface area contributed by atoms with Crippen LogP contribution in [0, 0.1) is 11.8 Å². The zero-order valence-electron chi connectivity index (χ0n) is 12.6. The molecule has 2 aliphatic rings. The summed E-state index contributed by atoms with van der Waals surface area (Å²) in [5.74, 6) is 1.20. The molecule has 4 heteroatoms. The van der Waals surface area contributed by atoms with Gasteiger partial charge in [0.15, 0.2) is 0 Å². The molecule has 20 heavy (non-hydrogen) atoms. The highest BCUT2D eigenvalue weighted by atomic mass is 16.3. The van der Waals surface area contributed by atoms with E-state index < -0.39 is 0 Å². The molecule has 116 valence electrons. The maximum Gasteiger partial charge on any atom is 0.225 e. The molecule has 2 rings (SSSR count). The Labute approximate surface area is 122 Å². The summed E-state index contributed by atoms with van der Waals surface area (Å²) in [5, 5.41) is 9.04. The van der Waals surface area contributed by atoms with Gasteiger partial charge in [-0.3, -0.25) is 4.79 Å². The summed E-state index contributed by atoms with van der Waals surface area (Å²) in [6.45, 7) is 1.65. The molecule has 2 unspecified atom stereocenters. The zero-order valence-corrected chi connectivity index (χ0v) is 12.6. The van der Waals surface area contributed by atoms with Crippen molar-refractivity contribution in [3.63, 3.8) is 0 Å². The van der Waals surface area contributed by atoms with Crippen LogP contribution in [-0.2, 0) is 4.79 Å². The summed E-state index contributed by atoms with van der Waals surface area (Å²) >= 11 is 0. The minimum absolute atomic E-state index is 0.178. The lowest BCUT2D eigenvalue weighted by Gasteiger charge is -2.41. The monoisotopic (exact) mass is 282 g/mol. The molecule has 0 aliphatic heterocycles. The van der Waals surface area contributed by atoms with Crippen molar-refractivity contribution in [1.29, 1.82) is 0 Å². The Balaban J connectivity index is 1.91. The van der Waals surface area contributed by atoms with Crippen LogP contribution >= 0.6 is 0 Å². The van der Waals surface area contributed by atoms with Crippen LogP contribution in [0.4, 0.5) is 0 Å². The topological polar surface area (TPSA) is 66.6 Å². The van der Waals surface area contributed by atoms with Crippen molar-refractivity contribution < 1.29 is 9.90 Å². The highest BCUT2D eigenvalue weighted by molar-refractivity contribution is 5.79. The van der Waals surface area contributed by atoms with Crippen molar-refractivity contribution in [2.24, 2.45) is 17.6 Å². The molecule has 0 aromatic rings. The van der Waals surface area contributed by atoms with E-state index in [1.807, 2.05) is 0 Å². The molecular formula is C16H30N2O2.